The van der Waals surface area contributed by atoms with Gasteiger partial charge in [-0.15, -0.1) is 11.6 Å². The molecule has 0 atom stereocenters. The zero-order chi connectivity index (χ0) is 15.2. The first-order valence-corrected chi connectivity index (χ1v) is 7.59. The Hall–Kier alpha value is -1.75. The van der Waals surface area contributed by atoms with Crippen LogP contribution in [0.15, 0.2) is 18.2 Å². The third-order valence-corrected chi connectivity index (χ3v) is 3.42. The predicted octanol–water partition coefficient (Wildman–Crippen LogP) is 2.35. The molecule has 0 saturated carbocycles. The summed E-state index contributed by atoms with van der Waals surface area (Å²) in [6.07, 6.45) is 1.53. The normalized spacial score (nSPS) is 10.8. The number of benzene rings is 1. The van der Waals surface area contributed by atoms with Gasteiger partial charge in [-0.05, 0) is 18.6 Å². The lowest BCUT2D eigenvalue weighted by Crippen LogP contribution is -2.28. The maximum Gasteiger partial charge on any atom is 0.240 e. The average Bonchev–Trinajstić information content (AvgIpc) is 2.83. The monoisotopic (exact) mass is 309 g/mol. The van der Waals surface area contributed by atoms with Gasteiger partial charge < -0.3 is 14.6 Å². The number of halogens is 1. The number of alkyl halides is 1. The maximum absolute atomic E-state index is 12.0. The van der Waals surface area contributed by atoms with Crippen LogP contribution in [0, 0.1) is 0 Å². The van der Waals surface area contributed by atoms with Gasteiger partial charge in [-0.3, -0.25) is 4.79 Å². The molecule has 0 saturated heterocycles. The van der Waals surface area contributed by atoms with Crippen LogP contribution < -0.4 is 10.1 Å². The van der Waals surface area contributed by atoms with Crippen LogP contribution in [-0.4, -0.2) is 35.0 Å². The number of aryl methyl sites for hydroxylation is 1. The van der Waals surface area contributed by atoms with Gasteiger partial charge in [-0.1, -0.05) is 13.0 Å². The molecule has 1 aromatic heterocycles. The van der Waals surface area contributed by atoms with E-state index in [-0.39, 0.29) is 12.5 Å². The third kappa shape index (κ3) is 3.47. The molecular weight excluding hydrogens is 290 g/mol. The molecule has 0 spiro atoms. The van der Waals surface area contributed by atoms with Gasteiger partial charge in [-0.25, -0.2) is 4.98 Å². The Bertz CT molecular complexity index is 625. The lowest BCUT2D eigenvalue weighted by atomic mass is 10.3. The summed E-state index contributed by atoms with van der Waals surface area (Å²) in [4.78, 5) is 16.6. The Morgan fingerprint density at radius 1 is 1.48 bits per heavy atom. The molecule has 21 heavy (non-hydrogen) atoms. The summed E-state index contributed by atoms with van der Waals surface area (Å²) < 4.78 is 7.24. The number of amides is 1. The van der Waals surface area contributed by atoms with Gasteiger partial charge in [0.15, 0.2) is 0 Å². The Kier molecular flexibility index (Phi) is 5.44. The summed E-state index contributed by atoms with van der Waals surface area (Å²) in [5.41, 5.74) is 1.66. The standard InChI is InChI=1S/C15H20ClN3O2/c1-3-9-17-14(20)10-19-11-5-4-6-12(21-2)15(11)18-13(19)7-8-16/h4-6H,3,7-10H2,1-2H3,(H,17,20). The molecule has 1 heterocycles. The van der Waals surface area contributed by atoms with Crippen LogP contribution in [0.2, 0.25) is 0 Å². The van der Waals surface area contributed by atoms with Crippen LogP contribution in [0.3, 0.4) is 0 Å². The van der Waals surface area contributed by atoms with Crippen LogP contribution in [0.4, 0.5) is 0 Å². The number of aromatic nitrogens is 2. The summed E-state index contributed by atoms with van der Waals surface area (Å²) in [5, 5.41) is 2.88. The molecule has 0 aliphatic rings. The number of carbonyl (C=O) groups is 1. The van der Waals surface area contributed by atoms with E-state index in [0.29, 0.717) is 24.6 Å². The summed E-state index contributed by atoms with van der Waals surface area (Å²) in [6, 6.07) is 5.70. The average molecular weight is 310 g/mol. The van der Waals surface area contributed by atoms with Crippen molar-refractivity contribution in [3.63, 3.8) is 0 Å². The Morgan fingerprint density at radius 2 is 2.29 bits per heavy atom. The van der Waals surface area contributed by atoms with E-state index >= 15 is 0 Å². The number of fused-ring (bicyclic) bond motifs is 1. The number of nitrogens with one attached hydrogen (secondary N) is 1. The van der Waals surface area contributed by atoms with Gasteiger partial charge in [0.2, 0.25) is 5.91 Å². The SMILES string of the molecule is CCCNC(=O)Cn1c(CCCl)nc2c(OC)cccc21. The molecule has 0 unspecified atom stereocenters. The van der Waals surface area contributed by atoms with Gasteiger partial charge in [0.25, 0.3) is 0 Å². The Morgan fingerprint density at radius 3 is 2.95 bits per heavy atom. The third-order valence-electron chi connectivity index (χ3n) is 3.23. The van der Waals surface area contributed by atoms with Crippen molar-refractivity contribution in [2.24, 2.45) is 0 Å². The molecule has 2 aromatic rings. The van der Waals surface area contributed by atoms with E-state index in [1.807, 2.05) is 29.7 Å². The lowest BCUT2D eigenvalue weighted by molar-refractivity contribution is -0.121. The second kappa shape index (κ2) is 7.31. The highest BCUT2D eigenvalue weighted by Gasteiger charge is 2.15. The van der Waals surface area contributed by atoms with Crippen molar-refractivity contribution in [3.05, 3.63) is 24.0 Å². The fourth-order valence-corrected chi connectivity index (χ4v) is 2.42. The van der Waals surface area contributed by atoms with Crippen molar-refractivity contribution in [2.75, 3.05) is 19.5 Å². The van der Waals surface area contributed by atoms with E-state index in [9.17, 15) is 4.79 Å². The zero-order valence-electron chi connectivity index (χ0n) is 12.4. The summed E-state index contributed by atoms with van der Waals surface area (Å²) in [6.45, 7) is 2.95. The highest BCUT2D eigenvalue weighted by atomic mass is 35.5. The highest BCUT2D eigenvalue weighted by molar-refractivity contribution is 6.17. The van der Waals surface area contributed by atoms with Crippen LogP contribution in [0.25, 0.3) is 11.0 Å². The molecular formula is C15H20ClN3O2. The largest absolute Gasteiger partial charge is 0.494 e. The summed E-state index contributed by atoms with van der Waals surface area (Å²) in [5.74, 6) is 1.95. The summed E-state index contributed by atoms with van der Waals surface area (Å²) in [7, 11) is 1.61. The number of carbonyl (C=O) groups excluding carboxylic acids is 1. The maximum atomic E-state index is 12.0. The fraction of sp³-hybridized carbons (Fsp3) is 0.467. The molecule has 1 aromatic carbocycles. The molecule has 2 rings (SSSR count). The Balaban J connectivity index is 2.39. The predicted molar refractivity (Wildman–Crippen MR) is 84.0 cm³/mol. The number of hydrogen-bond acceptors (Lipinski definition) is 3. The first-order chi connectivity index (χ1) is 10.2. The highest BCUT2D eigenvalue weighted by Crippen LogP contribution is 2.26. The van der Waals surface area contributed by atoms with Crippen LogP contribution in [0.1, 0.15) is 19.2 Å². The van der Waals surface area contributed by atoms with Crippen LogP contribution >= 0.6 is 11.6 Å². The quantitative estimate of drug-likeness (QED) is 0.799. The van der Waals surface area contributed by atoms with Crippen LogP contribution in [0.5, 0.6) is 5.75 Å². The first kappa shape index (κ1) is 15.6. The molecule has 1 N–H and O–H groups in total. The molecule has 0 aliphatic carbocycles. The smallest absolute Gasteiger partial charge is 0.240 e. The van der Waals surface area contributed by atoms with Gasteiger partial charge in [0.1, 0.15) is 23.6 Å². The topological polar surface area (TPSA) is 56.2 Å². The minimum Gasteiger partial charge on any atom is -0.494 e. The molecule has 0 fully saturated rings. The number of ether oxygens (including phenoxy) is 1. The molecule has 6 heteroatoms. The first-order valence-electron chi connectivity index (χ1n) is 7.06. The number of imidazole rings is 1. The number of nitrogens with zero attached hydrogens (tertiary/aromatic N) is 2. The van der Waals surface area contributed by atoms with Crippen molar-refractivity contribution < 1.29 is 9.53 Å². The second-order valence-corrected chi connectivity index (χ2v) is 5.11. The van der Waals surface area contributed by atoms with Crippen molar-refractivity contribution in [3.8, 4) is 5.75 Å². The molecule has 114 valence electrons. The number of methoxy groups -OCH3 is 1. The van der Waals surface area contributed by atoms with E-state index in [0.717, 1.165) is 23.3 Å². The van der Waals surface area contributed by atoms with Crippen LogP contribution in [-0.2, 0) is 17.8 Å². The molecule has 0 radical (unpaired) electrons. The molecule has 0 aliphatic heterocycles. The zero-order valence-corrected chi connectivity index (χ0v) is 13.1. The van der Waals surface area contributed by atoms with E-state index in [2.05, 4.69) is 10.3 Å². The number of para-hydroxylation sites is 1. The molecule has 1 amide bonds. The molecule has 5 nitrogen and oxygen atoms in total. The van der Waals surface area contributed by atoms with Crippen molar-refractivity contribution in [1.29, 1.82) is 0 Å². The van der Waals surface area contributed by atoms with E-state index in [1.165, 1.54) is 0 Å². The van der Waals surface area contributed by atoms with Crippen molar-refractivity contribution in [2.45, 2.75) is 26.3 Å². The van der Waals surface area contributed by atoms with Crippen molar-refractivity contribution in [1.82, 2.24) is 14.9 Å². The summed E-state index contributed by atoms with van der Waals surface area (Å²) >= 11 is 5.84. The van der Waals surface area contributed by atoms with E-state index in [4.69, 9.17) is 16.3 Å². The van der Waals surface area contributed by atoms with Gasteiger partial charge in [-0.2, -0.15) is 0 Å². The lowest BCUT2D eigenvalue weighted by Gasteiger charge is -2.09. The molecule has 0 bridgehead atoms. The minimum atomic E-state index is -0.0187. The van der Waals surface area contributed by atoms with Gasteiger partial charge in [0.05, 0.1) is 12.6 Å². The van der Waals surface area contributed by atoms with Gasteiger partial charge >= 0.3 is 0 Å². The van der Waals surface area contributed by atoms with E-state index < -0.39 is 0 Å². The van der Waals surface area contributed by atoms with Crippen molar-refractivity contribution >= 4 is 28.5 Å². The fourth-order valence-electron chi connectivity index (χ4n) is 2.25. The minimum absolute atomic E-state index is 0.0187. The van der Waals surface area contributed by atoms with E-state index in [1.54, 1.807) is 7.11 Å². The van der Waals surface area contributed by atoms with Gasteiger partial charge in [0, 0.05) is 18.8 Å². The number of rotatable bonds is 7. The number of hydrogen-bond donors (Lipinski definition) is 1. The second-order valence-electron chi connectivity index (χ2n) is 4.73. The Labute approximate surface area is 129 Å².